The van der Waals surface area contributed by atoms with Crippen LogP contribution in [0.5, 0.6) is 5.75 Å². The first-order valence-corrected chi connectivity index (χ1v) is 13.1. The van der Waals surface area contributed by atoms with Gasteiger partial charge in [-0.1, -0.05) is 17.7 Å². The summed E-state index contributed by atoms with van der Waals surface area (Å²) in [7, 11) is 3.00. The van der Waals surface area contributed by atoms with Crippen molar-refractivity contribution in [1.29, 1.82) is 0 Å². The van der Waals surface area contributed by atoms with Crippen molar-refractivity contribution in [3.63, 3.8) is 0 Å². The van der Waals surface area contributed by atoms with E-state index in [1.165, 1.54) is 7.11 Å². The molecule has 0 bridgehead atoms. The van der Waals surface area contributed by atoms with E-state index < -0.39 is 5.47 Å². The minimum absolute atomic E-state index is 0.118. The Kier molecular flexibility index (Phi) is 9.68. The summed E-state index contributed by atoms with van der Waals surface area (Å²) >= 11 is 6.15. The highest BCUT2D eigenvalue weighted by Crippen LogP contribution is 2.38. The molecule has 0 aliphatic carbocycles. The SMILES string of the molecule is COOC(CCCCNc1c(OC)ccc2nc3cc(Cl)ccc3cc12)(P=O)N(C(C)C)C(C)C. The number of aromatic nitrogens is 1. The number of anilines is 1. The summed E-state index contributed by atoms with van der Waals surface area (Å²) in [6, 6.07) is 12.0. The Morgan fingerprint density at radius 2 is 1.80 bits per heavy atom. The predicted octanol–water partition coefficient (Wildman–Crippen LogP) is 7.27. The average Bonchev–Trinajstić information content (AvgIpc) is 2.82. The number of unbranched alkanes of at least 4 members (excludes halogenated alkanes) is 1. The third-order valence-electron chi connectivity index (χ3n) is 6.04. The van der Waals surface area contributed by atoms with Crippen LogP contribution in [0.2, 0.25) is 5.02 Å². The minimum atomic E-state index is -1.03. The van der Waals surface area contributed by atoms with E-state index in [4.69, 9.17) is 31.1 Å². The van der Waals surface area contributed by atoms with Gasteiger partial charge in [0.1, 0.15) is 5.75 Å². The van der Waals surface area contributed by atoms with E-state index in [2.05, 4.69) is 44.0 Å². The topological polar surface area (TPSA) is 72.9 Å². The number of pyridine rings is 1. The van der Waals surface area contributed by atoms with Gasteiger partial charge in [0.05, 0.1) is 30.9 Å². The lowest BCUT2D eigenvalue weighted by molar-refractivity contribution is -0.359. The van der Waals surface area contributed by atoms with Gasteiger partial charge >= 0.3 is 0 Å². The van der Waals surface area contributed by atoms with Crippen molar-refractivity contribution >= 4 is 47.6 Å². The van der Waals surface area contributed by atoms with Crippen molar-refractivity contribution in [2.24, 2.45) is 0 Å². The van der Waals surface area contributed by atoms with Crippen molar-refractivity contribution in [2.45, 2.75) is 64.5 Å². The fourth-order valence-corrected chi connectivity index (χ4v) is 5.83. The lowest BCUT2D eigenvalue weighted by Crippen LogP contribution is -2.53. The van der Waals surface area contributed by atoms with Crippen LogP contribution in [-0.2, 0) is 14.3 Å². The zero-order valence-corrected chi connectivity index (χ0v) is 23.0. The molecule has 7 nitrogen and oxygen atoms in total. The molecule has 0 saturated heterocycles. The van der Waals surface area contributed by atoms with E-state index in [0.29, 0.717) is 18.0 Å². The Labute approximate surface area is 214 Å². The third kappa shape index (κ3) is 6.22. The Hall–Kier alpha value is -2.02. The second-order valence-electron chi connectivity index (χ2n) is 9.10. The highest BCUT2D eigenvalue weighted by atomic mass is 35.5. The molecule has 0 saturated carbocycles. The van der Waals surface area contributed by atoms with Crippen LogP contribution in [-0.4, -0.2) is 48.2 Å². The molecule has 0 aliphatic heterocycles. The van der Waals surface area contributed by atoms with Gasteiger partial charge in [0.2, 0.25) is 13.9 Å². The van der Waals surface area contributed by atoms with E-state index in [1.54, 1.807) is 7.11 Å². The van der Waals surface area contributed by atoms with Crippen LogP contribution in [0, 0.1) is 0 Å². The summed E-state index contributed by atoms with van der Waals surface area (Å²) in [4.78, 5) is 17.5. The van der Waals surface area contributed by atoms with E-state index in [0.717, 1.165) is 46.1 Å². The van der Waals surface area contributed by atoms with E-state index in [9.17, 15) is 4.57 Å². The van der Waals surface area contributed by atoms with Crippen LogP contribution in [0.1, 0.15) is 47.0 Å². The summed E-state index contributed by atoms with van der Waals surface area (Å²) in [6.07, 6.45) is 2.18. The summed E-state index contributed by atoms with van der Waals surface area (Å²) in [6.45, 7) is 8.98. The zero-order chi connectivity index (χ0) is 25.6. The third-order valence-corrected chi connectivity index (χ3v) is 7.09. The van der Waals surface area contributed by atoms with Crippen LogP contribution < -0.4 is 10.1 Å². The van der Waals surface area contributed by atoms with Crippen LogP contribution >= 0.6 is 20.1 Å². The van der Waals surface area contributed by atoms with Gasteiger partial charge in [-0.3, -0.25) is 9.46 Å². The average molecular weight is 520 g/mol. The smallest absolute Gasteiger partial charge is 0.236 e. The molecule has 190 valence electrons. The van der Waals surface area contributed by atoms with Gasteiger partial charge in [0, 0.05) is 40.8 Å². The molecule has 3 aromatic rings. The molecule has 3 rings (SSSR count). The minimum Gasteiger partial charge on any atom is -0.495 e. The molecule has 1 atom stereocenters. The van der Waals surface area contributed by atoms with Gasteiger partial charge in [-0.25, -0.2) is 14.8 Å². The Morgan fingerprint density at radius 3 is 2.43 bits per heavy atom. The van der Waals surface area contributed by atoms with Crippen molar-refractivity contribution < 1.29 is 19.1 Å². The number of benzene rings is 2. The lowest BCUT2D eigenvalue weighted by atomic mass is 10.1. The fourth-order valence-electron chi connectivity index (χ4n) is 4.76. The summed E-state index contributed by atoms with van der Waals surface area (Å²) < 4.78 is 17.9. The number of hydrogen-bond acceptors (Lipinski definition) is 7. The van der Waals surface area contributed by atoms with Gasteiger partial charge < -0.3 is 10.1 Å². The number of rotatable bonds is 13. The molecule has 1 unspecified atom stereocenters. The van der Waals surface area contributed by atoms with Gasteiger partial charge in [-0.15, -0.1) is 0 Å². The normalized spacial score (nSPS) is 13.9. The standard InChI is InChI=1S/C26H35ClN3O4P/c1-17(2)30(18(3)4)26(35-31,34-33-6)13-7-8-14-28-25-21-15-19-9-10-20(27)16-23(19)29-22(21)11-12-24(25)32-5/h9-12,15-18,28H,7-8,13-14H2,1-6H3. The lowest BCUT2D eigenvalue weighted by Gasteiger charge is -2.42. The number of hydrogen-bond donors (Lipinski definition) is 1. The number of ether oxygens (including phenoxy) is 1. The Bertz CT molecular complexity index is 1150. The fraction of sp³-hybridized carbons (Fsp3) is 0.500. The Balaban J connectivity index is 1.76. The molecule has 0 fully saturated rings. The summed E-state index contributed by atoms with van der Waals surface area (Å²) in [5, 5.41) is 6.20. The van der Waals surface area contributed by atoms with Gasteiger partial charge in [-0.05, 0) is 70.9 Å². The van der Waals surface area contributed by atoms with Crippen LogP contribution in [0.3, 0.4) is 0 Å². The maximum atomic E-state index is 12.3. The molecule has 1 N–H and O–H groups in total. The molecule has 2 aromatic carbocycles. The number of nitrogens with zero attached hydrogens (tertiary/aromatic N) is 2. The Morgan fingerprint density at radius 1 is 1.06 bits per heavy atom. The van der Waals surface area contributed by atoms with Gasteiger partial charge in [0.15, 0.2) is 0 Å². The molecule has 35 heavy (non-hydrogen) atoms. The zero-order valence-electron chi connectivity index (χ0n) is 21.3. The maximum absolute atomic E-state index is 12.3. The molecule has 0 spiro atoms. The van der Waals surface area contributed by atoms with Gasteiger partial charge in [0.25, 0.3) is 0 Å². The van der Waals surface area contributed by atoms with E-state index in [-0.39, 0.29) is 20.5 Å². The van der Waals surface area contributed by atoms with E-state index in [1.807, 2.05) is 30.3 Å². The molecule has 0 amide bonds. The number of methoxy groups -OCH3 is 1. The van der Waals surface area contributed by atoms with Gasteiger partial charge in [-0.2, -0.15) is 0 Å². The van der Waals surface area contributed by atoms with Crippen molar-refractivity contribution in [3.8, 4) is 5.75 Å². The number of halogens is 1. The van der Waals surface area contributed by atoms with Crippen LogP contribution in [0.15, 0.2) is 36.4 Å². The van der Waals surface area contributed by atoms with Crippen molar-refractivity contribution in [1.82, 2.24) is 9.88 Å². The molecule has 0 radical (unpaired) electrons. The van der Waals surface area contributed by atoms with Crippen molar-refractivity contribution in [3.05, 3.63) is 41.4 Å². The molecular weight excluding hydrogens is 485 g/mol. The summed E-state index contributed by atoms with van der Waals surface area (Å²) in [5.74, 6) is 0.758. The van der Waals surface area contributed by atoms with Crippen LogP contribution in [0.4, 0.5) is 5.69 Å². The maximum Gasteiger partial charge on any atom is 0.236 e. The number of fused-ring (bicyclic) bond motifs is 2. The number of nitrogens with one attached hydrogen (secondary N) is 1. The predicted molar refractivity (Wildman–Crippen MR) is 144 cm³/mol. The first-order chi connectivity index (χ1) is 16.8. The quantitative estimate of drug-likeness (QED) is 0.0635. The first-order valence-electron chi connectivity index (χ1n) is 11.9. The second-order valence-corrected chi connectivity index (χ2v) is 10.4. The van der Waals surface area contributed by atoms with E-state index >= 15 is 0 Å². The van der Waals surface area contributed by atoms with Crippen molar-refractivity contribution in [2.75, 3.05) is 26.1 Å². The molecule has 0 aliphatic rings. The second kappa shape index (κ2) is 12.3. The molecule has 9 heteroatoms. The highest BCUT2D eigenvalue weighted by molar-refractivity contribution is 7.25. The first kappa shape index (κ1) is 27.6. The summed E-state index contributed by atoms with van der Waals surface area (Å²) in [5.41, 5.74) is 1.59. The highest BCUT2D eigenvalue weighted by Gasteiger charge is 2.43. The van der Waals surface area contributed by atoms with Crippen LogP contribution in [0.25, 0.3) is 21.8 Å². The largest absolute Gasteiger partial charge is 0.495 e. The molecule has 1 heterocycles. The molecule has 1 aromatic heterocycles. The monoisotopic (exact) mass is 519 g/mol. The molecular formula is C26H35ClN3O4P.